The number of carboxylic acid groups (broad SMARTS) is 1. The lowest BCUT2D eigenvalue weighted by Crippen LogP contribution is -2.44. The maximum absolute atomic E-state index is 11.4. The number of piperidine rings is 1. The molecule has 1 unspecified atom stereocenters. The molecule has 1 aliphatic rings. The van der Waals surface area contributed by atoms with Gasteiger partial charge < -0.3 is 5.11 Å². The van der Waals surface area contributed by atoms with Crippen molar-refractivity contribution >= 4 is 11.5 Å². The fraction of sp³-hybridized carbons (Fsp3) is 0.318. The summed E-state index contributed by atoms with van der Waals surface area (Å²) in [6.07, 6.45) is 5.98. The number of likely N-dealkylation sites (tertiary alicyclic amines) is 1. The van der Waals surface area contributed by atoms with E-state index in [9.17, 15) is 9.90 Å². The highest BCUT2D eigenvalue weighted by Crippen LogP contribution is 2.24. The molecule has 0 amide bonds. The molecule has 1 fully saturated rings. The molecule has 0 radical (unpaired) electrons. The van der Waals surface area contributed by atoms with Crippen molar-refractivity contribution in [1.82, 2.24) is 4.90 Å². The van der Waals surface area contributed by atoms with Crippen molar-refractivity contribution < 1.29 is 9.90 Å². The third kappa shape index (κ3) is 4.58. The Kier molecular flexibility index (Phi) is 6.02. The standard InChI is InChI=1S/C22H25NO2/c24-22(25)21-15-7-8-16-23(21)17-9-14-20(18-10-3-1-4-11-18)19-12-5-2-6-13-19/h1-6,10-14,21H,7-9,15-17H2,(H,24,25). The molecular weight excluding hydrogens is 310 g/mol. The summed E-state index contributed by atoms with van der Waals surface area (Å²) in [6, 6.07) is 20.4. The Bertz CT molecular complexity index is 668. The van der Waals surface area contributed by atoms with Crippen LogP contribution in [-0.4, -0.2) is 35.1 Å². The molecular formula is C22H25NO2. The van der Waals surface area contributed by atoms with Gasteiger partial charge in [-0.3, -0.25) is 9.69 Å². The summed E-state index contributed by atoms with van der Waals surface area (Å²) in [7, 11) is 0. The van der Waals surface area contributed by atoms with Crippen molar-refractivity contribution in [2.75, 3.05) is 13.1 Å². The Labute approximate surface area is 149 Å². The molecule has 1 heterocycles. The third-order valence-corrected chi connectivity index (χ3v) is 4.83. The van der Waals surface area contributed by atoms with E-state index in [1.54, 1.807) is 0 Å². The number of aliphatic carboxylic acids is 1. The number of benzene rings is 2. The first-order valence-corrected chi connectivity index (χ1v) is 9.03. The summed E-state index contributed by atoms with van der Waals surface area (Å²) in [6.45, 7) is 1.68. The number of hydrogen-bond donors (Lipinski definition) is 1. The molecule has 0 aliphatic carbocycles. The zero-order valence-corrected chi connectivity index (χ0v) is 14.5. The van der Waals surface area contributed by atoms with Gasteiger partial charge in [0.1, 0.15) is 6.04 Å². The van der Waals surface area contributed by atoms with Gasteiger partial charge in [0.25, 0.3) is 0 Å². The van der Waals surface area contributed by atoms with Crippen LogP contribution in [0.5, 0.6) is 0 Å². The van der Waals surface area contributed by atoms with E-state index >= 15 is 0 Å². The Hall–Kier alpha value is -2.39. The molecule has 1 saturated heterocycles. The topological polar surface area (TPSA) is 40.5 Å². The van der Waals surface area contributed by atoms with Gasteiger partial charge in [-0.05, 0) is 42.5 Å². The molecule has 0 saturated carbocycles. The monoisotopic (exact) mass is 335 g/mol. The SMILES string of the molecule is O=C(O)C1CCCCN1CCC=C(c1ccccc1)c1ccccc1. The summed E-state index contributed by atoms with van der Waals surface area (Å²) < 4.78 is 0. The van der Waals surface area contributed by atoms with Gasteiger partial charge in [0.05, 0.1) is 0 Å². The normalized spacial score (nSPS) is 17.8. The lowest BCUT2D eigenvalue weighted by molar-refractivity contribution is -0.144. The molecule has 0 spiro atoms. The molecule has 0 bridgehead atoms. The summed E-state index contributed by atoms with van der Waals surface area (Å²) in [5.41, 5.74) is 3.61. The minimum Gasteiger partial charge on any atom is -0.480 e. The van der Waals surface area contributed by atoms with E-state index in [0.717, 1.165) is 38.8 Å². The Morgan fingerprint density at radius 1 is 1.00 bits per heavy atom. The molecule has 3 rings (SSSR count). The van der Waals surface area contributed by atoms with Gasteiger partial charge in [-0.1, -0.05) is 73.2 Å². The Morgan fingerprint density at radius 3 is 2.16 bits per heavy atom. The average Bonchev–Trinajstić information content (AvgIpc) is 2.67. The molecule has 130 valence electrons. The maximum Gasteiger partial charge on any atom is 0.320 e. The molecule has 2 aromatic carbocycles. The molecule has 2 aromatic rings. The van der Waals surface area contributed by atoms with Gasteiger partial charge in [-0.15, -0.1) is 0 Å². The number of rotatable bonds is 6. The first-order chi connectivity index (χ1) is 12.3. The van der Waals surface area contributed by atoms with E-state index in [2.05, 4.69) is 59.5 Å². The molecule has 3 nitrogen and oxygen atoms in total. The van der Waals surface area contributed by atoms with Crippen molar-refractivity contribution in [1.29, 1.82) is 0 Å². The highest BCUT2D eigenvalue weighted by atomic mass is 16.4. The molecule has 0 aromatic heterocycles. The van der Waals surface area contributed by atoms with Crippen molar-refractivity contribution in [2.24, 2.45) is 0 Å². The predicted octanol–water partition coefficient (Wildman–Crippen LogP) is 4.45. The van der Waals surface area contributed by atoms with E-state index < -0.39 is 5.97 Å². The Balaban J connectivity index is 1.76. The van der Waals surface area contributed by atoms with Gasteiger partial charge in [-0.25, -0.2) is 0 Å². The van der Waals surface area contributed by atoms with Crippen LogP contribution in [0.4, 0.5) is 0 Å². The summed E-state index contributed by atoms with van der Waals surface area (Å²) in [4.78, 5) is 13.6. The van der Waals surface area contributed by atoms with Crippen molar-refractivity contribution in [3.8, 4) is 0 Å². The molecule has 1 atom stereocenters. The smallest absolute Gasteiger partial charge is 0.320 e. The van der Waals surface area contributed by atoms with Crippen LogP contribution in [0.3, 0.4) is 0 Å². The van der Waals surface area contributed by atoms with Crippen LogP contribution in [0.15, 0.2) is 66.7 Å². The molecule has 3 heteroatoms. The minimum atomic E-state index is -0.685. The van der Waals surface area contributed by atoms with Crippen LogP contribution in [0.25, 0.3) is 5.57 Å². The minimum absolute atomic E-state index is 0.320. The second-order valence-electron chi connectivity index (χ2n) is 6.52. The first kappa shape index (κ1) is 17.4. The second kappa shape index (κ2) is 8.63. The van der Waals surface area contributed by atoms with Crippen LogP contribution >= 0.6 is 0 Å². The van der Waals surface area contributed by atoms with Gasteiger partial charge in [0, 0.05) is 6.54 Å². The molecule has 1 N–H and O–H groups in total. The highest BCUT2D eigenvalue weighted by Gasteiger charge is 2.27. The van der Waals surface area contributed by atoms with Crippen LogP contribution < -0.4 is 0 Å². The fourth-order valence-corrected chi connectivity index (χ4v) is 3.55. The number of nitrogens with zero attached hydrogens (tertiary/aromatic N) is 1. The lowest BCUT2D eigenvalue weighted by atomic mass is 9.96. The second-order valence-corrected chi connectivity index (χ2v) is 6.52. The molecule has 1 aliphatic heterocycles. The zero-order valence-electron chi connectivity index (χ0n) is 14.5. The maximum atomic E-state index is 11.4. The van der Waals surface area contributed by atoms with E-state index in [-0.39, 0.29) is 6.04 Å². The predicted molar refractivity (Wildman–Crippen MR) is 101 cm³/mol. The van der Waals surface area contributed by atoms with Crippen LogP contribution in [0.1, 0.15) is 36.8 Å². The third-order valence-electron chi connectivity index (χ3n) is 4.83. The molecule has 25 heavy (non-hydrogen) atoms. The van der Waals surface area contributed by atoms with Gasteiger partial charge in [-0.2, -0.15) is 0 Å². The van der Waals surface area contributed by atoms with E-state index in [4.69, 9.17) is 0 Å². The zero-order chi connectivity index (χ0) is 17.5. The quantitative estimate of drug-likeness (QED) is 0.848. The average molecular weight is 335 g/mol. The van der Waals surface area contributed by atoms with Crippen LogP contribution in [0, 0.1) is 0 Å². The van der Waals surface area contributed by atoms with Crippen LogP contribution in [-0.2, 0) is 4.79 Å². The van der Waals surface area contributed by atoms with E-state index in [0.29, 0.717) is 0 Å². The first-order valence-electron chi connectivity index (χ1n) is 9.03. The lowest BCUT2D eigenvalue weighted by Gasteiger charge is -2.32. The van der Waals surface area contributed by atoms with E-state index in [1.807, 2.05) is 12.1 Å². The fourth-order valence-electron chi connectivity index (χ4n) is 3.55. The largest absolute Gasteiger partial charge is 0.480 e. The number of hydrogen-bond acceptors (Lipinski definition) is 2. The van der Waals surface area contributed by atoms with Crippen molar-refractivity contribution in [2.45, 2.75) is 31.7 Å². The van der Waals surface area contributed by atoms with Gasteiger partial charge in [0.15, 0.2) is 0 Å². The van der Waals surface area contributed by atoms with Crippen molar-refractivity contribution in [3.63, 3.8) is 0 Å². The Morgan fingerprint density at radius 2 is 1.60 bits per heavy atom. The number of carbonyl (C=O) groups is 1. The highest BCUT2D eigenvalue weighted by molar-refractivity contribution is 5.79. The summed E-state index contributed by atoms with van der Waals surface area (Å²) >= 11 is 0. The number of carboxylic acids is 1. The summed E-state index contributed by atoms with van der Waals surface area (Å²) in [5, 5.41) is 9.42. The van der Waals surface area contributed by atoms with Crippen LogP contribution in [0.2, 0.25) is 0 Å². The van der Waals surface area contributed by atoms with E-state index in [1.165, 1.54) is 16.7 Å². The summed E-state index contributed by atoms with van der Waals surface area (Å²) in [5.74, 6) is -0.685. The van der Waals surface area contributed by atoms with Gasteiger partial charge in [0.2, 0.25) is 0 Å². The van der Waals surface area contributed by atoms with Gasteiger partial charge >= 0.3 is 5.97 Å². The van der Waals surface area contributed by atoms with Crippen molar-refractivity contribution in [3.05, 3.63) is 77.9 Å².